The quantitative estimate of drug-likeness (QED) is 0.381. The number of hydrogen-bond acceptors (Lipinski definition) is 7. The van der Waals surface area contributed by atoms with Crippen LogP contribution in [-0.2, 0) is 13.0 Å². The van der Waals surface area contributed by atoms with Crippen molar-refractivity contribution in [2.24, 2.45) is 0 Å². The second kappa shape index (κ2) is 9.79. The Morgan fingerprint density at radius 3 is 2.94 bits per heavy atom. The van der Waals surface area contributed by atoms with Gasteiger partial charge >= 0.3 is 0 Å². The van der Waals surface area contributed by atoms with E-state index in [1.165, 1.54) is 16.7 Å². The molecule has 8 nitrogen and oxygen atoms in total. The average molecular weight is 481 g/mol. The van der Waals surface area contributed by atoms with Gasteiger partial charge in [0.15, 0.2) is 11.5 Å². The average Bonchev–Trinajstić information content (AvgIpc) is 3.56. The summed E-state index contributed by atoms with van der Waals surface area (Å²) in [6, 6.07) is 17.6. The molecule has 1 aliphatic heterocycles. The lowest BCUT2D eigenvalue weighted by atomic mass is 9.98. The number of aryl methyl sites for hydroxylation is 1. The molecule has 0 amide bonds. The molecule has 0 bridgehead atoms. The van der Waals surface area contributed by atoms with Gasteiger partial charge < -0.3 is 16.0 Å². The third-order valence-electron chi connectivity index (χ3n) is 7.43. The predicted octanol–water partition coefficient (Wildman–Crippen LogP) is 4.10. The molecule has 2 aliphatic rings. The minimum atomic E-state index is 0.336. The Balaban J connectivity index is 1.20. The second-order valence-corrected chi connectivity index (χ2v) is 10.0. The van der Waals surface area contributed by atoms with Crippen molar-refractivity contribution in [2.75, 3.05) is 25.9 Å². The number of anilines is 1. The lowest BCUT2D eigenvalue weighted by molar-refractivity contribution is 0.246. The monoisotopic (exact) mass is 480 g/mol. The van der Waals surface area contributed by atoms with Crippen LogP contribution in [0.15, 0.2) is 54.7 Å². The van der Waals surface area contributed by atoms with Crippen LogP contribution in [0.1, 0.15) is 53.7 Å². The molecular weight excluding hydrogens is 448 g/mol. The summed E-state index contributed by atoms with van der Waals surface area (Å²) in [5.41, 5.74) is 12.6. The Morgan fingerprint density at radius 2 is 2.03 bits per heavy atom. The van der Waals surface area contributed by atoms with Gasteiger partial charge in [0.05, 0.1) is 11.9 Å². The number of likely N-dealkylation sites (tertiary alicyclic amines) is 1. The molecular formula is C28H32N8. The third kappa shape index (κ3) is 4.62. The number of rotatable bonds is 6. The van der Waals surface area contributed by atoms with E-state index in [0.717, 1.165) is 62.4 Å². The van der Waals surface area contributed by atoms with E-state index in [9.17, 15) is 0 Å². The molecule has 4 aromatic rings. The topological polar surface area (TPSA) is 109 Å². The minimum absolute atomic E-state index is 0.336. The Kier molecular flexibility index (Phi) is 6.21. The van der Waals surface area contributed by atoms with Gasteiger partial charge in [0.25, 0.3) is 0 Å². The SMILES string of the molecule is CN1CCCC(c2nc(-c3nc(-c4cccc(CN[C@H]5CCc6ccccc65)c4)cnc3N)n[nH]2)C1. The fraction of sp³-hybridized carbons (Fsp3) is 0.357. The Labute approximate surface area is 211 Å². The van der Waals surface area contributed by atoms with E-state index in [1.54, 1.807) is 6.20 Å². The molecule has 1 unspecified atom stereocenters. The summed E-state index contributed by atoms with van der Waals surface area (Å²) in [5, 5.41) is 11.3. The van der Waals surface area contributed by atoms with Gasteiger partial charge in [-0.15, -0.1) is 0 Å². The van der Waals surface area contributed by atoms with Crippen LogP contribution < -0.4 is 11.1 Å². The number of aromatic nitrogens is 5. The first-order valence-electron chi connectivity index (χ1n) is 12.8. The number of H-pyrrole nitrogens is 1. The number of nitrogens with zero attached hydrogens (tertiary/aromatic N) is 5. The van der Waals surface area contributed by atoms with Gasteiger partial charge in [-0.1, -0.05) is 42.5 Å². The molecule has 184 valence electrons. The molecule has 2 aromatic heterocycles. The van der Waals surface area contributed by atoms with Crippen LogP contribution in [0.4, 0.5) is 5.82 Å². The highest BCUT2D eigenvalue weighted by atomic mass is 15.2. The largest absolute Gasteiger partial charge is 0.382 e. The van der Waals surface area contributed by atoms with E-state index in [4.69, 9.17) is 15.7 Å². The highest BCUT2D eigenvalue weighted by Gasteiger charge is 2.24. The van der Waals surface area contributed by atoms with Crippen LogP contribution in [0, 0.1) is 0 Å². The maximum Gasteiger partial charge on any atom is 0.203 e. The zero-order valence-electron chi connectivity index (χ0n) is 20.6. The van der Waals surface area contributed by atoms with Crippen molar-refractivity contribution in [2.45, 2.75) is 44.2 Å². The van der Waals surface area contributed by atoms with Gasteiger partial charge in [0.1, 0.15) is 5.82 Å². The second-order valence-electron chi connectivity index (χ2n) is 10.0. The first-order chi connectivity index (χ1) is 17.6. The van der Waals surface area contributed by atoms with Gasteiger partial charge in [-0.3, -0.25) is 5.10 Å². The fourth-order valence-corrected chi connectivity index (χ4v) is 5.51. The Hall–Kier alpha value is -3.62. The number of fused-ring (bicyclic) bond motifs is 1. The Bertz CT molecular complexity index is 1360. The first kappa shape index (κ1) is 22.8. The Morgan fingerprint density at radius 1 is 1.11 bits per heavy atom. The number of benzene rings is 2. The van der Waals surface area contributed by atoms with E-state index in [1.807, 2.05) is 0 Å². The van der Waals surface area contributed by atoms with Crippen LogP contribution in [0.2, 0.25) is 0 Å². The van der Waals surface area contributed by atoms with Crippen LogP contribution in [0.5, 0.6) is 0 Å². The van der Waals surface area contributed by atoms with Crippen molar-refractivity contribution >= 4 is 5.82 Å². The molecule has 3 heterocycles. The minimum Gasteiger partial charge on any atom is -0.382 e. The summed E-state index contributed by atoms with van der Waals surface area (Å²) in [6.45, 7) is 2.89. The predicted molar refractivity (Wildman–Crippen MR) is 141 cm³/mol. The molecule has 2 aromatic carbocycles. The number of piperidine rings is 1. The van der Waals surface area contributed by atoms with Crippen molar-refractivity contribution in [3.8, 4) is 22.8 Å². The zero-order valence-corrected chi connectivity index (χ0v) is 20.6. The molecule has 0 spiro atoms. The summed E-state index contributed by atoms with van der Waals surface area (Å²) in [6.07, 6.45) is 6.27. The molecule has 6 rings (SSSR count). The van der Waals surface area contributed by atoms with Crippen LogP contribution in [-0.4, -0.2) is 50.2 Å². The summed E-state index contributed by atoms with van der Waals surface area (Å²) in [4.78, 5) is 16.3. The van der Waals surface area contributed by atoms with Gasteiger partial charge in [-0.2, -0.15) is 5.10 Å². The summed E-state index contributed by atoms with van der Waals surface area (Å²) in [5.74, 6) is 2.08. The van der Waals surface area contributed by atoms with Crippen LogP contribution >= 0.6 is 0 Å². The molecule has 4 N–H and O–H groups in total. The van der Waals surface area contributed by atoms with E-state index >= 15 is 0 Å². The highest BCUT2D eigenvalue weighted by Crippen LogP contribution is 2.31. The fourth-order valence-electron chi connectivity index (χ4n) is 5.51. The van der Waals surface area contributed by atoms with E-state index in [2.05, 4.69) is 81.0 Å². The van der Waals surface area contributed by atoms with E-state index in [-0.39, 0.29) is 0 Å². The van der Waals surface area contributed by atoms with Gasteiger partial charge in [-0.05, 0) is 62.0 Å². The number of hydrogen-bond donors (Lipinski definition) is 3. The van der Waals surface area contributed by atoms with Crippen LogP contribution in [0.25, 0.3) is 22.8 Å². The van der Waals surface area contributed by atoms with Crippen LogP contribution in [0.3, 0.4) is 0 Å². The molecule has 0 radical (unpaired) electrons. The first-order valence-corrected chi connectivity index (χ1v) is 12.8. The lowest BCUT2D eigenvalue weighted by Gasteiger charge is -2.27. The van der Waals surface area contributed by atoms with Crippen molar-refractivity contribution < 1.29 is 0 Å². The van der Waals surface area contributed by atoms with Crippen molar-refractivity contribution in [3.05, 3.63) is 77.2 Å². The highest BCUT2D eigenvalue weighted by molar-refractivity contribution is 5.69. The normalized spacial score (nSPS) is 19.9. The number of nitrogens with one attached hydrogen (secondary N) is 2. The maximum atomic E-state index is 6.21. The molecule has 2 atom stereocenters. The molecule has 36 heavy (non-hydrogen) atoms. The summed E-state index contributed by atoms with van der Waals surface area (Å²) < 4.78 is 0. The number of nitrogen functional groups attached to an aromatic ring is 1. The molecule has 1 aliphatic carbocycles. The van der Waals surface area contributed by atoms with Crippen molar-refractivity contribution in [1.29, 1.82) is 0 Å². The third-order valence-corrected chi connectivity index (χ3v) is 7.43. The zero-order chi connectivity index (χ0) is 24.5. The van der Waals surface area contributed by atoms with E-state index in [0.29, 0.717) is 29.3 Å². The van der Waals surface area contributed by atoms with Gasteiger partial charge in [-0.25, -0.2) is 15.0 Å². The number of aromatic amines is 1. The molecule has 1 fully saturated rings. The smallest absolute Gasteiger partial charge is 0.203 e. The van der Waals surface area contributed by atoms with Crippen molar-refractivity contribution in [1.82, 2.24) is 35.4 Å². The lowest BCUT2D eigenvalue weighted by Crippen LogP contribution is -2.31. The molecule has 1 saturated heterocycles. The van der Waals surface area contributed by atoms with Crippen molar-refractivity contribution in [3.63, 3.8) is 0 Å². The standard InChI is InChI=1S/C28H32N8/c1-36-13-5-9-21(17-36)27-33-28(35-34-27)25-26(29)31-16-24(32-25)20-8-4-6-18(14-20)15-30-23-12-11-19-7-2-3-10-22(19)23/h2-4,6-8,10,14,16,21,23,30H,5,9,11-13,15,17H2,1H3,(H2,29,31)(H,33,34,35)/t21?,23-/m0/s1. The van der Waals surface area contributed by atoms with E-state index < -0.39 is 0 Å². The summed E-state index contributed by atoms with van der Waals surface area (Å²) in [7, 11) is 2.15. The maximum absolute atomic E-state index is 6.21. The molecule has 0 saturated carbocycles. The molecule has 8 heteroatoms. The number of nitrogens with two attached hydrogens (primary N) is 1. The summed E-state index contributed by atoms with van der Waals surface area (Å²) >= 11 is 0. The van der Waals surface area contributed by atoms with Gasteiger partial charge in [0, 0.05) is 30.6 Å². The number of likely N-dealkylation sites (N-methyl/N-ethyl adjacent to an activating group) is 1. The van der Waals surface area contributed by atoms with Gasteiger partial charge in [0.2, 0.25) is 5.82 Å².